The summed E-state index contributed by atoms with van der Waals surface area (Å²) in [5.74, 6) is 0. The molecule has 2 aromatic rings. The fourth-order valence-electron chi connectivity index (χ4n) is 1.81. The topological polar surface area (TPSA) is 29.9 Å². The number of nitrogens with one attached hydrogen (secondary N) is 1. The highest BCUT2D eigenvalue weighted by Crippen LogP contribution is 2.25. The van der Waals surface area contributed by atoms with Crippen LogP contribution in [0.3, 0.4) is 0 Å². The van der Waals surface area contributed by atoms with Crippen LogP contribution in [-0.2, 0) is 13.6 Å². The molecule has 0 aliphatic rings. The fourth-order valence-corrected chi connectivity index (χ4v) is 2.21. The Morgan fingerprint density at radius 2 is 2.25 bits per heavy atom. The van der Waals surface area contributed by atoms with Crippen LogP contribution in [0.2, 0.25) is 0 Å². The van der Waals surface area contributed by atoms with E-state index in [9.17, 15) is 0 Å². The number of aryl methyl sites for hydroxylation is 1. The minimum atomic E-state index is 0.829. The summed E-state index contributed by atoms with van der Waals surface area (Å²) in [6, 6.07) is 8.27. The van der Waals surface area contributed by atoms with E-state index in [1.54, 1.807) is 0 Å². The van der Waals surface area contributed by atoms with Gasteiger partial charge in [-0.05, 0) is 19.2 Å². The summed E-state index contributed by atoms with van der Waals surface area (Å²) in [5, 5.41) is 7.46. The summed E-state index contributed by atoms with van der Waals surface area (Å²) in [5.41, 5.74) is 3.55. The monoisotopic (exact) mass is 279 g/mol. The predicted molar refractivity (Wildman–Crippen MR) is 69.1 cm³/mol. The average molecular weight is 280 g/mol. The van der Waals surface area contributed by atoms with E-state index < -0.39 is 0 Å². The summed E-state index contributed by atoms with van der Waals surface area (Å²) in [7, 11) is 3.91. The normalized spacial score (nSPS) is 10.7. The van der Waals surface area contributed by atoms with E-state index in [2.05, 4.69) is 38.5 Å². The first-order chi connectivity index (χ1) is 7.72. The number of benzene rings is 1. The third-order valence-corrected chi connectivity index (χ3v) is 2.97. The lowest BCUT2D eigenvalue weighted by atomic mass is 10.1. The van der Waals surface area contributed by atoms with Crippen LogP contribution in [0.15, 0.2) is 34.9 Å². The lowest BCUT2D eigenvalue weighted by Gasteiger charge is -2.06. The van der Waals surface area contributed by atoms with Crippen LogP contribution < -0.4 is 5.32 Å². The lowest BCUT2D eigenvalue weighted by Crippen LogP contribution is -2.06. The van der Waals surface area contributed by atoms with Crippen LogP contribution in [0.4, 0.5) is 0 Å². The van der Waals surface area contributed by atoms with Crippen LogP contribution >= 0.6 is 15.9 Å². The van der Waals surface area contributed by atoms with Crippen LogP contribution in [0, 0.1) is 0 Å². The summed E-state index contributed by atoms with van der Waals surface area (Å²) < 4.78 is 3.00. The fraction of sp³-hybridized carbons (Fsp3) is 0.250. The average Bonchev–Trinajstić information content (AvgIpc) is 2.60. The van der Waals surface area contributed by atoms with E-state index >= 15 is 0 Å². The Bertz CT molecular complexity index is 491. The first kappa shape index (κ1) is 11.4. The zero-order valence-electron chi connectivity index (χ0n) is 9.37. The number of hydrogen-bond acceptors (Lipinski definition) is 2. The van der Waals surface area contributed by atoms with Gasteiger partial charge in [0.25, 0.3) is 0 Å². The van der Waals surface area contributed by atoms with Crippen molar-refractivity contribution in [2.75, 3.05) is 7.05 Å². The highest BCUT2D eigenvalue weighted by molar-refractivity contribution is 9.10. The SMILES string of the molecule is CNCc1cnn(C)c1-c1cccc(Br)c1. The van der Waals surface area contributed by atoms with Gasteiger partial charge >= 0.3 is 0 Å². The van der Waals surface area contributed by atoms with Crippen molar-refractivity contribution in [3.8, 4) is 11.3 Å². The molecule has 0 fully saturated rings. The Balaban J connectivity index is 2.50. The molecule has 1 N–H and O–H groups in total. The second-order valence-corrected chi connectivity index (χ2v) is 4.60. The van der Waals surface area contributed by atoms with E-state index in [1.807, 2.05) is 37.1 Å². The van der Waals surface area contributed by atoms with Crippen molar-refractivity contribution in [2.45, 2.75) is 6.54 Å². The van der Waals surface area contributed by atoms with Crippen LogP contribution in [-0.4, -0.2) is 16.8 Å². The third kappa shape index (κ3) is 2.18. The minimum Gasteiger partial charge on any atom is -0.316 e. The van der Waals surface area contributed by atoms with Gasteiger partial charge in [-0.25, -0.2) is 0 Å². The van der Waals surface area contributed by atoms with Gasteiger partial charge < -0.3 is 5.32 Å². The van der Waals surface area contributed by atoms with Gasteiger partial charge in [-0.2, -0.15) is 5.10 Å². The molecule has 0 radical (unpaired) electrons. The highest BCUT2D eigenvalue weighted by Gasteiger charge is 2.10. The quantitative estimate of drug-likeness (QED) is 0.936. The third-order valence-electron chi connectivity index (χ3n) is 2.48. The predicted octanol–water partition coefficient (Wildman–Crippen LogP) is 2.57. The van der Waals surface area contributed by atoms with Crippen molar-refractivity contribution in [1.29, 1.82) is 0 Å². The molecule has 0 unspecified atom stereocenters. The second-order valence-electron chi connectivity index (χ2n) is 3.68. The zero-order chi connectivity index (χ0) is 11.5. The Kier molecular flexibility index (Phi) is 3.41. The van der Waals surface area contributed by atoms with E-state index in [0.717, 1.165) is 16.7 Å². The first-order valence-electron chi connectivity index (χ1n) is 5.14. The summed E-state index contributed by atoms with van der Waals surface area (Å²) in [6.45, 7) is 0.829. The van der Waals surface area contributed by atoms with Gasteiger partial charge in [0.1, 0.15) is 0 Å². The molecular weight excluding hydrogens is 266 g/mol. The van der Waals surface area contributed by atoms with Crippen molar-refractivity contribution in [1.82, 2.24) is 15.1 Å². The van der Waals surface area contributed by atoms with Gasteiger partial charge in [-0.3, -0.25) is 4.68 Å². The van der Waals surface area contributed by atoms with Crippen molar-refractivity contribution in [3.05, 3.63) is 40.5 Å². The minimum absolute atomic E-state index is 0.829. The van der Waals surface area contributed by atoms with Gasteiger partial charge in [0.15, 0.2) is 0 Å². The number of halogens is 1. The number of hydrogen-bond donors (Lipinski definition) is 1. The molecule has 84 valence electrons. The van der Waals surface area contributed by atoms with E-state index in [-0.39, 0.29) is 0 Å². The number of nitrogens with zero attached hydrogens (tertiary/aromatic N) is 2. The zero-order valence-corrected chi connectivity index (χ0v) is 11.0. The Hall–Kier alpha value is -1.13. The van der Waals surface area contributed by atoms with Gasteiger partial charge in [-0.1, -0.05) is 28.1 Å². The number of rotatable bonds is 3. The lowest BCUT2D eigenvalue weighted by molar-refractivity contribution is 0.773. The van der Waals surface area contributed by atoms with Gasteiger partial charge in [0, 0.05) is 29.2 Å². The molecule has 0 saturated carbocycles. The summed E-state index contributed by atoms with van der Waals surface area (Å²) >= 11 is 3.49. The number of aromatic nitrogens is 2. The molecule has 2 rings (SSSR count). The Morgan fingerprint density at radius 1 is 1.44 bits per heavy atom. The van der Waals surface area contributed by atoms with E-state index in [4.69, 9.17) is 0 Å². The Morgan fingerprint density at radius 3 is 2.94 bits per heavy atom. The molecular formula is C12H14BrN3. The molecule has 0 bridgehead atoms. The van der Waals surface area contributed by atoms with Crippen molar-refractivity contribution in [2.24, 2.45) is 7.05 Å². The van der Waals surface area contributed by atoms with E-state index in [0.29, 0.717) is 0 Å². The maximum Gasteiger partial charge on any atom is 0.0724 e. The molecule has 0 saturated heterocycles. The molecule has 1 heterocycles. The molecule has 0 amide bonds. The largest absolute Gasteiger partial charge is 0.316 e. The molecule has 0 atom stereocenters. The molecule has 3 nitrogen and oxygen atoms in total. The molecule has 16 heavy (non-hydrogen) atoms. The van der Waals surface area contributed by atoms with Gasteiger partial charge in [-0.15, -0.1) is 0 Å². The van der Waals surface area contributed by atoms with Gasteiger partial charge in [0.05, 0.1) is 11.9 Å². The highest BCUT2D eigenvalue weighted by atomic mass is 79.9. The summed E-state index contributed by atoms with van der Waals surface area (Å²) in [6.07, 6.45) is 1.91. The van der Waals surface area contributed by atoms with Crippen LogP contribution in [0.5, 0.6) is 0 Å². The van der Waals surface area contributed by atoms with Crippen molar-refractivity contribution < 1.29 is 0 Å². The maximum atomic E-state index is 4.30. The molecule has 4 heteroatoms. The smallest absolute Gasteiger partial charge is 0.0724 e. The maximum absolute atomic E-state index is 4.30. The first-order valence-corrected chi connectivity index (χ1v) is 5.93. The van der Waals surface area contributed by atoms with Crippen molar-refractivity contribution in [3.63, 3.8) is 0 Å². The standard InChI is InChI=1S/C12H14BrN3/c1-14-7-10-8-15-16(2)12(10)9-4-3-5-11(13)6-9/h3-6,8,14H,7H2,1-2H3. The molecule has 0 aliphatic carbocycles. The molecule has 0 aliphatic heterocycles. The summed E-state index contributed by atoms with van der Waals surface area (Å²) in [4.78, 5) is 0. The molecule has 0 spiro atoms. The van der Waals surface area contributed by atoms with Crippen LogP contribution in [0.1, 0.15) is 5.56 Å². The Labute approximate surface area is 104 Å². The van der Waals surface area contributed by atoms with Gasteiger partial charge in [0.2, 0.25) is 0 Å². The van der Waals surface area contributed by atoms with Crippen LogP contribution in [0.25, 0.3) is 11.3 Å². The molecule has 1 aromatic heterocycles. The second kappa shape index (κ2) is 4.80. The molecule has 1 aromatic carbocycles. The van der Waals surface area contributed by atoms with E-state index in [1.165, 1.54) is 11.1 Å². The van der Waals surface area contributed by atoms with Crippen molar-refractivity contribution >= 4 is 15.9 Å².